The molecule has 1 N–H and O–H groups in total. The lowest BCUT2D eigenvalue weighted by atomic mass is 9.70. The van der Waals surface area contributed by atoms with Crippen LogP contribution in [0.1, 0.15) is 98.0 Å². The van der Waals surface area contributed by atoms with Crippen LogP contribution in [0.15, 0.2) is 41.4 Å². The predicted molar refractivity (Wildman–Crippen MR) is 207 cm³/mol. The topological polar surface area (TPSA) is 149 Å². The number of carboxylic acid groups (broad SMARTS) is 1. The number of rotatable bonds is 10. The van der Waals surface area contributed by atoms with E-state index in [2.05, 4.69) is 15.1 Å². The average Bonchev–Trinajstić information content (AvgIpc) is 3.49. The smallest absolute Gasteiger partial charge is 0.310 e. The minimum atomic E-state index is -4.13. The molecule has 2 atom stereocenters. The summed E-state index contributed by atoms with van der Waals surface area (Å²) in [4.78, 5) is 20.1. The number of sulfonamides is 1. The van der Waals surface area contributed by atoms with Gasteiger partial charge in [-0.3, -0.25) is 14.1 Å². The SMILES string of the molecule is Cc1ccc([C@@H](c2ccn3c(C)nnc3c2C)C(C)(C)C(=O)O)cc1CN1CC2(CCOCC2)Oc2nc(O[C@H](C)CN3CCCCC3)c(C)cc2S1(=O)=O. The summed E-state index contributed by atoms with van der Waals surface area (Å²) in [7, 11) is -4.13. The number of fused-ring (bicyclic) bond motifs is 2. The Morgan fingerprint density at radius 3 is 2.45 bits per heavy atom. The minimum absolute atomic E-state index is 0.00984. The Bertz CT molecular complexity index is 2190. The third-order valence-electron chi connectivity index (χ3n) is 11.9. The summed E-state index contributed by atoms with van der Waals surface area (Å²) in [5.41, 5.74) is 3.26. The van der Waals surface area contributed by atoms with E-state index in [-0.39, 0.29) is 30.0 Å². The minimum Gasteiger partial charge on any atom is -0.481 e. The number of aryl methyl sites for hydroxylation is 4. The number of carbonyl (C=O) groups is 1. The maximum absolute atomic E-state index is 14.8. The van der Waals surface area contributed by atoms with Crippen LogP contribution >= 0.6 is 0 Å². The summed E-state index contributed by atoms with van der Waals surface area (Å²) < 4.78 is 51.8. The van der Waals surface area contributed by atoms with Crippen molar-refractivity contribution in [2.45, 2.75) is 110 Å². The molecule has 7 rings (SSSR count). The fourth-order valence-corrected chi connectivity index (χ4v) is 10.1. The van der Waals surface area contributed by atoms with Gasteiger partial charge in [-0.2, -0.15) is 9.29 Å². The van der Waals surface area contributed by atoms with Crippen molar-refractivity contribution in [1.29, 1.82) is 0 Å². The van der Waals surface area contributed by atoms with Gasteiger partial charge in [0.2, 0.25) is 21.8 Å². The maximum Gasteiger partial charge on any atom is 0.310 e. The maximum atomic E-state index is 14.8. The van der Waals surface area contributed by atoms with Crippen molar-refractivity contribution in [1.82, 2.24) is 28.8 Å². The number of carboxylic acids is 1. The second kappa shape index (κ2) is 15.1. The Labute approximate surface area is 324 Å². The van der Waals surface area contributed by atoms with Gasteiger partial charge in [0.15, 0.2) is 5.65 Å². The summed E-state index contributed by atoms with van der Waals surface area (Å²) in [5, 5.41) is 19.2. The summed E-state index contributed by atoms with van der Waals surface area (Å²) in [5.74, 6) is -0.369. The number of aromatic nitrogens is 4. The van der Waals surface area contributed by atoms with Gasteiger partial charge < -0.3 is 19.3 Å². The number of hydrogen-bond acceptors (Lipinski definition) is 10. The number of piperidine rings is 1. The van der Waals surface area contributed by atoms with Crippen LogP contribution in [-0.4, -0.2) is 99.4 Å². The fraction of sp³-hybridized carbons (Fsp3) is 0.561. The first-order valence-electron chi connectivity index (χ1n) is 19.4. The predicted octanol–water partition coefficient (Wildman–Crippen LogP) is 5.99. The van der Waals surface area contributed by atoms with Crippen molar-refractivity contribution in [2.24, 2.45) is 5.41 Å². The van der Waals surface area contributed by atoms with Gasteiger partial charge in [0.05, 0.1) is 25.2 Å². The number of benzene rings is 1. The molecule has 1 spiro atoms. The lowest BCUT2D eigenvalue weighted by molar-refractivity contribution is -0.147. The molecule has 0 bridgehead atoms. The van der Waals surface area contributed by atoms with Crippen LogP contribution in [0.2, 0.25) is 0 Å². The van der Waals surface area contributed by atoms with Gasteiger partial charge in [-0.05, 0) is 114 Å². The van der Waals surface area contributed by atoms with E-state index < -0.39 is 32.9 Å². The van der Waals surface area contributed by atoms with Gasteiger partial charge in [0.1, 0.15) is 22.4 Å². The zero-order valence-corrected chi connectivity index (χ0v) is 33.9. The van der Waals surface area contributed by atoms with Crippen molar-refractivity contribution >= 4 is 21.6 Å². The van der Waals surface area contributed by atoms with Crippen LogP contribution in [-0.2, 0) is 26.1 Å². The van der Waals surface area contributed by atoms with E-state index in [0.29, 0.717) is 43.1 Å². The van der Waals surface area contributed by atoms with Crippen molar-refractivity contribution in [3.63, 3.8) is 0 Å². The van der Waals surface area contributed by atoms with Gasteiger partial charge in [-0.15, -0.1) is 10.2 Å². The molecule has 0 amide bonds. The highest BCUT2D eigenvalue weighted by Crippen LogP contribution is 2.45. The number of pyridine rings is 2. The molecule has 2 saturated heterocycles. The zero-order chi connectivity index (χ0) is 39.3. The largest absolute Gasteiger partial charge is 0.481 e. The highest BCUT2D eigenvalue weighted by molar-refractivity contribution is 7.89. The molecule has 4 aromatic rings. The Balaban J connectivity index is 1.26. The molecule has 0 aliphatic carbocycles. The van der Waals surface area contributed by atoms with Crippen molar-refractivity contribution in [3.05, 3.63) is 75.7 Å². The van der Waals surface area contributed by atoms with Crippen LogP contribution in [0.4, 0.5) is 0 Å². The van der Waals surface area contributed by atoms with E-state index in [0.717, 1.165) is 53.3 Å². The highest BCUT2D eigenvalue weighted by Gasteiger charge is 2.46. The monoisotopic (exact) mass is 774 g/mol. The second-order valence-corrected chi connectivity index (χ2v) is 18.3. The van der Waals surface area contributed by atoms with Gasteiger partial charge in [0, 0.05) is 43.6 Å². The van der Waals surface area contributed by atoms with Gasteiger partial charge in [-0.1, -0.05) is 24.6 Å². The first kappa shape index (κ1) is 39.1. The van der Waals surface area contributed by atoms with E-state index in [9.17, 15) is 18.3 Å². The molecule has 1 aromatic carbocycles. The average molecular weight is 775 g/mol. The fourth-order valence-electron chi connectivity index (χ4n) is 8.46. The Morgan fingerprint density at radius 2 is 1.75 bits per heavy atom. The molecule has 14 heteroatoms. The van der Waals surface area contributed by atoms with Gasteiger partial charge in [0.25, 0.3) is 0 Å². The molecule has 0 unspecified atom stereocenters. The van der Waals surface area contributed by atoms with Crippen molar-refractivity contribution in [3.8, 4) is 11.8 Å². The molecule has 0 radical (unpaired) electrons. The third kappa shape index (κ3) is 7.58. The van der Waals surface area contributed by atoms with E-state index in [1.54, 1.807) is 19.9 Å². The first-order chi connectivity index (χ1) is 26.1. The number of aliphatic carboxylic acids is 1. The Kier molecular flexibility index (Phi) is 10.7. The Hall–Kier alpha value is -4.11. The van der Waals surface area contributed by atoms with E-state index in [4.69, 9.17) is 19.2 Å². The molecule has 0 saturated carbocycles. The lowest BCUT2D eigenvalue weighted by Crippen LogP contribution is -2.50. The quantitative estimate of drug-likeness (QED) is 0.203. The van der Waals surface area contributed by atoms with E-state index in [1.165, 1.54) is 23.6 Å². The second-order valence-electron chi connectivity index (χ2n) is 16.4. The molecule has 3 aliphatic rings. The van der Waals surface area contributed by atoms with Gasteiger partial charge in [-0.25, -0.2) is 8.42 Å². The first-order valence-corrected chi connectivity index (χ1v) is 20.8. The molecular weight excluding hydrogens is 721 g/mol. The molecule has 6 heterocycles. The molecule has 55 heavy (non-hydrogen) atoms. The summed E-state index contributed by atoms with van der Waals surface area (Å²) >= 11 is 0. The summed E-state index contributed by atoms with van der Waals surface area (Å²) in [6, 6.07) is 9.43. The number of nitrogens with zero attached hydrogens (tertiary/aromatic N) is 6. The standard InChI is InChI=1S/C41H54N6O7S/c1-26-11-12-31(35(40(6,7)39(48)49)33-13-18-47-30(5)43-44-36(47)29(33)4)22-32(26)24-46-25-41(14-19-52-20-15-41)54-38-34(55(46,50)51)21-27(2)37(42-38)53-28(3)23-45-16-9-8-10-17-45/h11-13,18,21-22,28,35H,8-10,14-17,19-20,23-25H2,1-7H3,(H,48,49)/t28-,35+/m1/s1. The number of likely N-dealkylation sites (tertiary alicyclic amines) is 1. The molecule has 2 fully saturated rings. The van der Waals surface area contributed by atoms with Crippen LogP contribution in [0, 0.1) is 33.1 Å². The van der Waals surface area contributed by atoms with Crippen LogP contribution in [0.5, 0.6) is 11.8 Å². The van der Waals surface area contributed by atoms with Crippen molar-refractivity contribution < 1.29 is 32.5 Å². The molecule has 13 nitrogen and oxygen atoms in total. The van der Waals surface area contributed by atoms with E-state index >= 15 is 0 Å². The lowest BCUT2D eigenvalue weighted by Gasteiger charge is -2.38. The van der Waals surface area contributed by atoms with Crippen LogP contribution in [0.3, 0.4) is 0 Å². The molecule has 3 aliphatic heterocycles. The normalized spacial score (nSPS) is 20.1. The third-order valence-corrected chi connectivity index (χ3v) is 13.6. The van der Waals surface area contributed by atoms with Crippen LogP contribution < -0.4 is 9.47 Å². The Morgan fingerprint density at radius 1 is 1.02 bits per heavy atom. The molecular formula is C41H54N6O7S. The molecule has 296 valence electrons. The number of hydrogen-bond donors (Lipinski definition) is 1. The zero-order valence-electron chi connectivity index (χ0n) is 33.1. The van der Waals surface area contributed by atoms with Crippen LogP contribution in [0.25, 0.3) is 5.65 Å². The summed E-state index contributed by atoms with van der Waals surface area (Å²) in [6.45, 7) is 16.9. The molecule has 3 aromatic heterocycles. The highest BCUT2D eigenvalue weighted by atomic mass is 32.2. The van der Waals surface area contributed by atoms with Gasteiger partial charge >= 0.3 is 5.97 Å². The van der Waals surface area contributed by atoms with Crippen molar-refractivity contribution in [2.75, 3.05) is 39.4 Å². The van der Waals surface area contributed by atoms with E-state index in [1.807, 2.05) is 69.5 Å². The summed E-state index contributed by atoms with van der Waals surface area (Å²) in [6.07, 6.45) is 6.34. The number of ether oxygens (including phenoxy) is 3.